The van der Waals surface area contributed by atoms with Crippen LogP contribution in [-0.4, -0.2) is 41.6 Å². The number of aliphatic hydroxyl groups is 1. The van der Waals surface area contributed by atoms with E-state index in [1.165, 1.54) is 12.1 Å². The van der Waals surface area contributed by atoms with E-state index in [-0.39, 0.29) is 17.4 Å². The number of alkyl halides is 3. The van der Waals surface area contributed by atoms with Gasteiger partial charge in [0.15, 0.2) is 0 Å². The van der Waals surface area contributed by atoms with E-state index in [4.69, 9.17) is 4.74 Å². The Labute approximate surface area is 202 Å². The number of hydrogen-bond acceptors (Lipinski definition) is 4. The number of aromatic carboxylic acids is 1. The largest absolute Gasteiger partial charge is 0.492 e. The molecule has 3 N–H and O–H groups in total. The van der Waals surface area contributed by atoms with Crippen molar-refractivity contribution in [3.05, 3.63) is 89.5 Å². The number of ether oxygens (including phenoxy) is 1. The Bertz CT molecular complexity index is 1100. The second kappa shape index (κ2) is 11.9. The SMILES string of the molecule is C[C@H](Cc1ccc(-c2ccc(C(=O)O)c(OCCC(F)(F)F)c2)cc1)NC[C@H](O)c1ccccc1. The monoisotopic (exact) mass is 487 g/mol. The molecule has 0 heterocycles. The average molecular weight is 488 g/mol. The van der Waals surface area contributed by atoms with E-state index in [1.54, 1.807) is 6.07 Å². The predicted molar refractivity (Wildman–Crippen MR) is 128 cm³/mol. The van der Waals surface area contributed by atoms with Gasteiger partial charge in [-0.1, -0.05) is 60.7 Å². The zero-order chi connectivity index (χ0) is 25.4. The minimum Gasteiger partial charge on any atom is -0.492 e. The van der Waals surface area contributed by atoms with Crippen LogP contribution in [0.5, 0.6) is 5.75 Å². The average Bonchev–Trinajstić information content (AvgIpc) is 2.82. The maximum atomic E-state index is 12.4. The van der Waals surface area contributed by atoms with E-state index in [9.17, 15) is 28.2 Å². The molecule has 8 heteroatoms. The Balaban J connectivity index is 1.62. The quantitative estimate of drug-likeness (QED) is 0.326. The van der Waals surface area contributed by atoms with Gasteiger partial charge in [-0.2, -0.15) is 13.2 Å². The first-order valence-corrected chi connectivity index (χ1v) is 11.2. The fourth-order valence-electron chi connectivity index (χ4n) is 3.64. The van der Waals surface area contributed by atoms with Crippen LogP contribution in [0.1, 0.15) is 40.9 Å². The molecule has 0 amide bonds. The molecule has 186 valence electrons. The van der Waals surface area contributed by atoms with Gasteiger partial charge in [0.1, 0.15) is 11.3 Å². The molecule has 0 saturated carbocycles. The van der Waals surface area contributed by atoms with Crippen molar-refractivity contribution in [2.24, 2.45) is 0 Å². The minimum absolute atomic E-state index is 0.0990. The molecule has 0 fully saturated rings. The highest BCUT2D eigenvalue weighted by atomic mass is 19.4. The van der Waals surface area contributed by atoms with Crippen LogP contribution < -0.4 is 10.1 Å². The summed E-state index contributed by atoms with van der Waals surface area (Å²) in [4.78, 5) is 11.4. The second-order valence-corrected chi connectivity index (χ2v) is 8.37. The Hall–Kier alpha value is -3.36. The smallest absolute Gasteiger partial charge is 0.392 e. The number of carbonyl (C=O) groups is 1. The lowest BCUT2D eigenvalue weighted by Gasteiger charge is -2.18. The first kappa shape index (κ1) is 26.2. The maximum Gasteiger partial charge on any atom is 0.392 e. The van der Waals surface area contributed by atoms with Gasteiger partial charge in [-0.3, -0.25) is 0 Å². The van der Waals surface area contributed by atoms with Crippen molar-refractivity contribution in [3.8, 4) is 16.9 Å². The van der Waals surface area contributed by atoms with Crippen molar-refractivity contribution in [3.63, 3.8) is 0 Å². The first-order valence-electron chi connectivity index (χ1n) is 11.2. The van der Waals surface area contributed by atoms with Crippen LogP contribution in [0.2, 0.25) is 0 Å². The van der Waals surface area contributed by atoms with E-state index in [0.717, 1.165) is 23.1 Å². The number of carboxylic acid groups (broad SMARTS) is 1. The number of aliphatic hydroxyl groups excluding tert-OH is 1. The van der Waals surface area contributed by atoms with Crippen LogP contribution in [0.15, 0.2) is 72.8 Å². The van der Waals surface area contributed by atoms with E-state index in [2.05, 4.69) is 5.32 Å². The van der Waals surface area contributed by atoms with Crippen LogP contribution in [-0.2, 0) is 6.42 Å². The zero-order valence-electron chi connectivity index (χ0n) is 19.3. The molecular formula is C27H28F3NO4. The van der Waals surface area contributed by atoms with Crippen LogP contribution in [0.3, 0.4) is 0 Å². The third-order valence-corrected chi connectivity index (χ3v) is 5.53. The fraction of sp³-hybridized carbons (Fsp3) is 0.296. The number of carboxylic acids is 1. The summed E-state index contributed by atoms with van der Waals surface area (Å²) in [6, 6.07) is 21.6. The summed E-state index contributed by atoms with van der Waals surface area (Å²) in [7, 11) is 0. The summed E-state index contributed by atoms with van der Waals surface area (Å²) < 4.78 is 42.5. The minimum atomic E-state index is -4.39. The Morgan fingerprint density at radius 1 is 1.00 bits per heavy atom. The summed E-state index contributed by atoms with van der Waals surface area (Å²) in [5.74, 6) is -1.37. The Morgan fingerprint density at radius 3 is 2.29 bits per heavy atom. The molecule has 2 atom stereocenters. The molecule has 0 aliphatic heterocycles. The molecule has 3 aromatic rings. The summed E-state index contributed by atoms with van der Waals surface area (Å²) in [5.41, 5.74) is 3.15. The van der Waals surface area contributed by atoms with Gasteiger partial charge in [0, 0.05) is 12.6 Å². The topological polar surface area (TPSA) is 78.8 Å². The number of halogens is 3. The summed E-state index contributed by atoms with van der Waals surface area (Å²) in [6.45, 7) is 1.80. The standard InChI is InChI=1S/C27H28F3NO4/c1-18(31-17-24(32)21-5-3-2-4-6-21)15-19-7-9-20(10-8-19)22-11-12-23(26(33)34)25(16-22)35-14-13-27(28,29)30/h2-12,16,18,24,31-32H,13-15,17H2,1H3,(H,33,34)/t18-,24+/m1/s1. The number of hydrogen-bond donors (Lipinski definition) is 3. The van der Waals surface area contributed by atoms with Crippen molar-refractivity contribution in [2.75, 3.05) is 13.2 Å². The highest BCUT2D eigenvalue weighted by Crippen LogP contribution is 2.29. The van der Waals surface area contributed by atoms with Crippen molar-refractivity contribution in [1.82, 2.24) is 5.32 Å². The fourth-order valence-corrected chi connectivity index (χ4v) is 3.64. The van der Waals surface area contributed by atoms with Crippen molar-refractivity contribution in [1.29, 1.82) is 0 Å². The van der Waals surface area contributed by atoms with Gasteiger partial charge in [0.2, 0.25) is 0 Å². The van der Waals surface area contributed by atoms with Crippen molar-refractivity contribution in [2.45, 2.75) is 38.1 Å². The second-order valence-electron chi connectivity index (χ2n) is 8.37. The molecular weight excluding hydrogens is 459 g/mol. The molecule has 3 aromatic carbocycles. The van der Waals surface area contributed by atoms with E-state index >= 15 is 0 Å². The van der Waals surface area contributed by atoms with E-state index in [0.29, 0.717) is 12.1 Å². The molecule has 0 aliphatic carbocycles. The van der Waals surface area contributed by atoms with Gasteiger partial charge in [-0.25, -0.2) is 4.79 Å². The molecule has 0 bridgehead atoms. The summed E-state index contributed by atoms with van der Waals surface area (Å²) >= 11 is 0. The third kappa shape index (κ3) is 8.12. The predicted octanol–water partition coefficient (Wildman–Crippen LogP) is 5.64. The number of nitrogens with one attached hydrogen (secondary N) is 1. The number of rotatable bonds is 11. The van der Waals surface area contributed by atoms with Gasteiger partial charge in [-0.15, -0.1) is 0 Å². The van der Waals surface area contributed by atoms with Gasteiger partial charge in [-0.05, 0) is 47.7 Å². The molecule has 35 heavy (non-hydrogen) atoms. The molecule has 0 saturated heterocycles. The highest BCUT2D eigenvalue weighted by molar-refractivity contribution is 5.92. The van der Waals surface area contributed by atoms with Gasteiger partial charge in [0.05, 0.1) is 19.1 Å². The molecule has 0 radical (unpaired) electrons. The molecule has 0 aromatic heterocycles. The van der Waals surface area contributed by atoms with Crippen LogP contribution in [0.25, 0.3) is 11.1 Å². The van der Waals surface area contributed by atoms with Gasteiger partial charge >= 0.3 is 12.1 Å². The summed E-state index contributed by atoms with van der Waals surface area (Å²) in [6.07, 6.45) is -5.42. The molecule has 5 nitrogen and oxygen atoms in total. The first-order chi connectivity index (χ1) is 16.6. The Kier molecular flexibility index (Phi) is 8.89. The molecule has 3 rings (SSSR count). The molecule has 0 unspecified atom stereocenters. The van der Waals surface area contributed by atoms with Crippen LogP contribution in [0.4, 0.5) is 13.2 Å². The lowest BCUT2D eigenvalue weighted by Crippen LogP contribution is -2.32. The maximum absolute atomic E-state index is 12.4. The van der Waals surface area contributed by atoms with E-state index in [1.807, 2.05) is 61.5 Å². The van der Waals surface area contributed by atoms with Crippen LogP contribution >= 0.6 is 0 Å². The molecule has 0 spiro atoms. The lowest BCUT2D eigenvalue weighted by atomic mass is 9.99. The van der Waals surface area contributed by atoms with E-state index < -0.39 is 31.3 Å². The molecule has 0 aliphatic rings. The normalized spacial score (nSPS) is 13.3. The zero-order valence-corrected chi connectivity index (χ0v) is 19.3. The highest BCUT2D eigenvalue weighted by Gasteiger charge is 2.27. The van der Waals surface area contributed by atoms with Gasteiger partial charge in [0.25, 0.3) is 0 Å². The lowest BCUT2D eigenvalue weighted by molar-refractivity contribution is -0.139. The van der Waals surface area contributed by atoms with Crippen molar-refractivity contribution >= 4 is 5.97 Å². The third-order valence-electron chi connectivity index (χ3n) is 5.53. The summed E-state index contributed by atoms with van der Waals surface area (Å²) in [5, 5.41) is 23.0. The van der Waals surface area contributed by atoms with Gasteiger partial charge < -0.3 is 20.3 Å². The van der Waals surface area contributed by atoms with Crippen LogP contribution in [0, 0.1) is 0 Å². The number of benzene rings is 3. The Morgan fingerprint density at radius 2 is 1.66 bits per heavy atom. The van der Waals surface area contributed by atoms with Crippen molar-refractivity contribution < 1.29 is 32.9 Å².